The van der Waals surface area contributed by atoms with Gasteiger partial charge in [-0.1, -0.05) is 20.3 Å². The van der Waals surface area contributed by atoms with Crippen LogP contribution in [0.4, 0.5) is 11.4 Å². The Hall–Kier alpha value is -1.51. The lowest BCUT2D eigenvalue weighted by Gasteiger charge is -2.26. The van der Waals surface area contributed by atoms with Gasteiger partial charge in [0.1, 0.15) is 0 Å². The molecule has 3 nitrogen and oxygen atoms in total. The molecule has 1 fully saturated rings. The van der Waals surface area contributed by atoms with Crippen LogP contribution in [0, 0.1) is 11.3 Å². The third-order valence-corrected chi connectivity index (χ3v) is 4.88. The van der Waals surface area contributed by atoms with Gasteiger partial charge in [0.15, 0.2) is 0 Å². The van der Waals surface area contributed by atoms with E-state index in [9.17, 15) is 4.79 Å². The normalized spacial score (nSPS) is 23.8. The maximum atomic E-state index is 12.5. The second-order valence-electron chi connectivity index (χ2n) is 6.82. The Labute approximate surface area is 121 Å². The van der Waals surface area contributed by atoms with E-state index in [-0.39, 0.29) is 17.2 Å². The number of aryl methyl sites for hydroxylation is 1. The van der Waals surface area contributed by atoms with E-state index in [1.54, 1.807) is 0 Å². The van der Waals surface area contributed by atoms with E-state index in [4.69, 9.17) is 0 Å². The van der Waals surface area contributed by atoms with Gasteiger partial charge in [-0.3, -0.25) is 4.79 Å². The Bertz CT molecular complexity index is 522. The molecule has 0 spiro atoms. The summed E-state index contributed by atoms with van der Waals surface area (Å²) in [4.78, 5) is 12.5. The number of anilines is 2. The van der Waals surface area contributed by atoms with Crippen molar-refractivity contribution >= 4 is 17.3 Å². The van der Waals surface area contributed by atoms with Gasteiger partial charge in [-0.25, -0.2) is 0 Å². The standard InChI is InChI=1S/C17H24N2O/c1-17(2)9-3-6-14(17)16(20)19-13-7-8-15-12(11-13)5-4-10-18-15/h7-8,11,14,18H,3-6,9-10H2,1-2H3,(H,19,20). The van der Waals surface area contributed by atoms with E-state index in [2.05, 4.69) is 36.6 Å². The van der Waals surface area contributed by atoms with Crippen molar-refractivity contribution < 1.29 is 4.79 Å². The third-order valence-electron chi connectivity index (χ3n) is 4.88. The van der Waals surface area contributed by atoms with Crippen LogP contribution in [0.5, 0.6) is 0 Å². The fraction of sp³-hybridized carbons (Fsp3) is 0.588. The Morgan fingerprint density at radius 3 is 2.95 bits per heavy atom. The first-order chi connectivity index (χ1) is 9.56. The van der Waals surface area contributed by atoms with Gasteiger partial charge in [-0.2, -0.15) is 0 Å². The zero-order valence-corrected chi connectivity index (χ0v) is 12.5. The van der Waals surface area contributed by atoms with Crippen molar-refractivity contribution in [3.05, 3.63) is 23.8 Å². The average Bonchev–Trinajstić information content (AvgIpc) is 2.78. The molecule has 1 heterocycles. The molecule has 0 bridgehead atoms. The van der Waals surface area contributed by atoms with Crippen molar-refractivity contribution in [3.63, 3.8) is 0 Å². The summed E-state index contributed by atoms with van der Waals surface area (Å²) in [6.07, 6.45) is 5.60. The van der Waals surface area contributed by atoms with Gasteiger partial charge < -0.3 is 10.6 Å². The molecule has 0 aromatic heterocycles. The van der Waals surface area contributed by atoms with E-state index in [1.807, 2.05) is 6.07 Å². The minimum atomic E-state index is 0.139. The zero-order chi connectivity index (χ0) is 14.2. The van der Waals surface area contributed by atoms with Gasteiger partial charge in [0.05, 0.1) is 0 Å². The summed E-state index contributed by atoms with van der Waals surface area (Å²) in [7, 11) is 0. The summed E-state index contributed by atoms with van der Waals surface area (Å²) in [6, 6.07) is 6.22. The summed E-state index contributed by atoms with van der Waals surface area (Å²) in [5.41, 5.74) is 3.62. The molecule has 1 aromatic rings. The summed E-state index contributed by atoms with van der Waals surface area (Å²) >= 11 is 0. The number of rotatable bonds is 2. The summed E-state index contributed by atoms with van der Waals surface area (Å²) in [6.45, 7) is 5.47. The third kappa shape index (κ3) is 2.54. The van der Waals surface area contributed by atoms with E-state index < -0.39 is 0 Å². The quantitative estimate of drug-likeness (QED) is 0.859. The molecule has 0 radical (unpaired) electrons. The van der Waals surface area contributed by atoms with Gasteiger partial charge in [0.2, 0.25) is 5.91 Å². The van der Waals surface area contributed by atoms with Gasteiger partial charge in [0.25, 0.3) is 0 Å². The second kappa shape index (κ2) is 5.12. The SMILES string of the molecule is CC1(C)CCCC1C(=O)Nc1ccc2c(c1)CCCN2. The number of hydrogen-bond acceptors (Lipinski definition) is 2. The van der Waals surface area contributed by atoms with E-state index in [0.717, 1.165) is 31.5 Å². The van der Waals surface area contributed by atoms with Crippen molar-refractivity contribution in [1.29, 1.82) is 0 Å². The van der Waals surface area contributed by atoms with Crippen LogP contribution in [0.2, 0.25) is 0 Å². The van der Waals surface area contributed by atoms with Crippen molar-refractivity contribution in [1.82, 2.24) is 0 Å². The zero-order valence-electron chi connectivity index (χ0n) is 12.5. The van der Waals surface area contributed by atoms with Crippen molar-refractivity contribution in [2.75, 3.05) is 17.2 Å². The van der Waals surface area contributed by atoms with Crippen molar-refractivity contribution in [2.45, 2.75) is 46.0 Å². The number of carbonyl (C=O) groups excluding carboxylic acids is 1. The first-order valence-corrected chi connectivity index (χ1v) is 7.74. The topological polar surface area (TPSA) is 41.1 Å². The fourth-order valence-corrected chi connectivity index (χ4v) is 3.59. The molecule has 2 N–H and O–H groups in total. The van der Waals surface area contributed by atoms with Gasteiger partial charge in [-0.05, 0) is 54.9 Å². The monoisotopic (exact) mass is 272 g/mol. The first-order valence-electron chi connectivity index (χ1n) is 7.74. The minimum Gasteiger partial charge on any atom is -0.385 e. The number of amides is 1. The van der Waals surface area contributed by atoms with E-state index in [0.29, 0.717) is 0 Å². The van der Waals surface area contributed by atoms with Crippen LogP contribution in [0.25, 0.3) is 0 Å². The largest absolute Gasteiger partial charge is 0.385 e. The van der Waals surface area contributed by atoms with Gasteiger partial charge >= 0.3 is 0 Å². The molecule has 20 heavy (non-hydrogen) atoms. The average molecular weight is 272 g/mol. The molecular formula is C17H24N2O. The van der Waals surface area contributed by atoms with E-state index >= 15 is 0 Å². The van der Waals surface area contributed by atoms with Crippen LogP contribution >= 0.6 is 0 Å². The lowest BCUT2D eigenvalue weighted by Crippen LogP contribution is -2.30. The van der Waals surface area contributed by atoms with E-state index in [1.165, 1.54) is 24.1 Å². The fourth-order valence-electron chi connectivity index (χ4n) is 3.59. The molecule has 0 saturated heterocycles. The second-order valence-corrected chi connectivity index (χ2v) is 6.82. The molecule has 1 saturated carbocycles. The Kier molecular flexibility index (Phi) is 3.45. The lowest BCUT2D eigenvalue weighted by molar-refractivity contribution is -0.122. The summed E-state index contributed by atoms with van der Waals surface area (Å²) in [5.74, 6) is 0.341. The smallest absolute Gasteiger partial charge is 0.228 e. The maximum absolute atomic E-state index is 12.5. The number of hydrogen-bond donors (Lipinski definition) is 2. The van der Waals surface area contributed by atoms with Crippen molar-refractivity contribution in [2.24, 2.45) is 11.3 Å². The highest BCUT2D eigenvalue weighted by molar-refractivity contribution is 5.93. The van der Waals surface area contributed by atoms with Crippen LogP contribution in [-0.4, -0.2) is 12.5 Å². The molecule has 3 heteroatoms. The molecule has 108 valence electrons. The molecule has 3 rings (SSSR count). The highest BCUT2D eigenvalue weighted by atomic mass is 16.1. The van der Waals surface area contributed by atoms with Gasteiger partial charge in [0, 0.05) is 23.8 Å². The predicted octanol–water partition coefficient (Wildman–Crippen LogP) is 3.81. The molecule has 2 aliphatic rings. The molecule has 1 atom stereocenters. The highest BCUT2D eigenvalue weighted by Crippen LogP contribution is 2.43. The molecule has 1 unspecified atom stereocenters. The van der Waals surface area contributed by atoms with Crippen LogP contribution in [0.3, 0.4) is 0 Å². The number of nitrogens with one attached hydrogen (secondary N) is 2. The maximum Gasteiger partial charge on any atom is 0.228 e. The van der Waals surface area contributed by atoms with Crippen LogP contribution in [-0.2, 0) is 11.2 Å². The first kappa shape index (κ1) is 13.5. The van der Waals surface area contributed by atoms with Crippen LogP contribution < -0.4 is 10.6 Å². The minimum absolute atomic E-state index is 0.139. The number of benzene rings is 1. The molecule has 1 aliphatic carbocycles. The number of fused-ring (bicyclic) bond motifs is 1. The summed E-state index contributed by atoms with van der Waals surface area (Å²) in [5, 5.41) is 6.52. The lowest BCUT2D eigenvalue weighted by atomic mass is 9.81. The molecule has 1 aromatic carbocycles. The van der Waals surface area contributed by atoms with Crippen LogP contribution in [0.1, 0.15) is 45.1 Å². The molecule has 1 amide bonds. The Morgan fingerprint density at radius 1 is 1.35 bits per heavy atom. The van der Waals surface area contributed by atoms with Crippen LogP contribution in [0.15, 0.2) is 18.2 Å². The van der Waals surface area contributed by atoms with Gasteiger partial charge in [-0.15, -0.1) is 0 Å². The number of carbonyl (C=O) groups is 1. The predicted molar refractivity (Wildman–Crippen MR) is 83.0 cm³/mol. The molecular weight excluding hydrogens is 248 g/mol. The highest BCUT2D eigenvalue weighted by Gasteiger charge is 2.39. The molecule has 1 aliphatic heterocycles. The Morgan fingerprint density at radius 2 is 2.20 bits per heavy atom. The van der Waals surface area contributed by atoms with Crippen molar-refractivity contribution in [3.8, 4) is 0 Å². The summed E-state index contributed by atoms with van der Waals surface area (Å²) < 4.78 is 0. The Balaban J connectivity index is 1.73.